The van der Waals surface area contributed by atoms with E-state index in [-0.39, 0.29) is 5.91 Å². The number of nitrogens with zero attached hydrogens (tertiary/aromatic N) is 5. The van der Waals surface area contributed by atoms with Crippen LogP contribution in [0.1, 0.15) is 12.7 Å². The Morgan fingerprint density at radius 1 is 1.19 bits per heavy atom. The van der Waals surface area contributed by atoms with Gasteiger partial charge in [-0.05, 0) is 59.3 Å². The Morgan fingerprint density at radius 2 is 1.94 bits per heavy atom. The number of amides is 1. The molecular formula is C25H29BrN8O2. The van der Waals surface area contributed by atoms with Crippen LogP contribution in [0.4, 0.5) is 0 Å². The van der Waals surface area contributed by atoms with E-state index >= 15 is 0 Å². The second-order valence-corrected chi connectivity index (χ2v) is 9.87. The van der Waals surface area contributed by atoms with E-state index in [4.69, 9.17) is 25.5 Å². The van der Waals surface area contributed by atoms with Crippen molar-refractivity contribution in [3.05, 3.63) is 52.8 Å². The summed E-state index contributed by atoms with van der Waals surface area (Å²) >= 11 is 3.59. The molecule has 3 heterocycles. The summed E-state index contributed by atoms with van der Waals surface area (Å²) < 4.78 is 7.64. The highest BCUT2D eigenvalue weighted by molar-refractivity contribution is 9.10. The van der Waals surface area contributed by atoms with Crippen molar-refractivity contribution < 1.29 is 9.53 Å². The first kappa shape index (κ1) is 24.6. The first-order valence-corrected chi connectivity index (χ1v) is 12.7. The van der Waals surface area contributed by atoms with Crippen LogP contribution in [-0.4, -0.2) is 76.8 Å². The van der Waals surface area contributed by atoms with E-state index in [1.165, 1.54) is 0 Å². The van der Waals surface area contributed by atoms with E-state index in [2.05, 4.69) is 31.5 Å². The topological polar surface area (TPSA) is 123 Å². The van der Waals surface area contributed by atoms with Crippen LogP contribution in [0.3, 0.4) is 0 Å². The highest BCUT2D eigenvalue weighted by Gasteiger charge is 2.36. The van der Waals surface area contributed by atoms with Crippen LogP contribution < -0.4 is 21.1 Å². The third-order valence-electron chi connectivity index (χ3n) is 6.46. The third-order valence-corrected chi connectivity index (χ3v) is 7.10. The molecule has 1 saturated heterocycles. The lowest BCUT2D eigenvalue weighted by molar-refractivity contribution is -0.126. The quantitative estimate of drug-likeness (QED) is 0.317. The van der Waals surface area contributed by atoms with Gasteiger partial charge < -0.3 is 21.1 Å². The number of para-hydroxylation sites is 1. The van der Waals surface area contributed by atoms with Gasteiger partial charge in [0.2, 0.25) is 5.91 Å². The summed E-state index contributed by atoms with van der Waals surface area (Å²) in [6, 6.07) is 13.2. The Morgan fingerprint density at radius 3 is 2.67 bits per heavy atom. The fourth-order valence-electron chi connectivity index (χ4n) is 4.34. The summed E-state index contributed by atoms with van der Waals surface area (Å²) in [5.74, 6) is 1.23. The number of hydrogen-bond donors (Lipinski definition) is 3. The molecule has 1 fully saturated rings. The van der Waals surface area contributed by atoms with Crippen molar-refractivity contribution in [3.63, 3.8) is 0 Å². The Hall–Kier alpha value is -3.12. The van der Waals surface area contributed by atoms with Crippen molar-refractivity contribution in [1.82, 2.24) is 35.1 Å². The molecule has 2 aromatic carbocycles. The minimum atomic E-state index is -1.45. The van der Waals surface area contributed by atoms with Gasteiger partial charge in [0.05, 0.1) is 12.6 Å². The number of piperazine rings is 1. The molecular weight excluding hydrogens is 524 g/mol. The lowest BCUT2D eigenvalue weighted by atomic mass is 10.0. The summed E-state index contributed by atoms with van der Waals surface area (Å²) in [7, 11) is 1.62. The molecule has 1 aliphatic heterocycles. The predicted molar refractivity (Wildman–Crippen MR) is 142 cm³/mol. The molecule has 36 heavy (non-hydrogen) atoms. The normalized spacial score (nSPS) is 16.2. The third kappa shape index (κ3) is 4.66. The zero-order chi connectivity index (χ0) is 25.3. The summed E-state index contributed by atoms with van der Waals surface area (Å²) in [4.78, 5) is 25.3. The molecule has 0 radical (unpaired) electrons. The maximum Gasteiger partial charge on any atom is 0.247 e. The average molecular weight is 553 g/mol. The van der Waals surface area contributed by atoms with Gasteiger partial charge in [0.25, 0.3) is 0 Å². The highest BCUT2D eigenvalue weighted by atomic mass is 79.9. The lowest BCUT2D eigenvalue weighted by Crippen LogP contribution is -2.53. The van der Waals surface area contributed by atoms with Gasteiger partial charge in [-0.25, -0.2) is 9.97 Å². The SMILES string of the molecule is COc1ccc(-c2nc3c4cccc(Br)c4nc([C@](C)(N)C(=O)NCCN4CCNCC4)n3n2)cc1. The van der Waals surface area contributed by atoms with Crippen molar-refractivity contribution in [2.45, 2.75) is 12.5 Å². The summed E-state index contributed by atoms with van der Waals surface area (Å²) in [5.41, 5.74) is 7.28. The smallest absolute Gasteiger partial charge is 0.247 e. The highest BCUT2D eigenvalue weighted by Crippen LogP contribution is 2.30. The minimum Gasteiger partial charge on any atom is -0.497 e. The Labute approximate surface area is 217 Å². The lowest BCUT2D eigenvalue weighted by Gasteiger charge is -2.28. The number of hydrogen-bond acceptors (Lipinski definition) is 8. The number of carbonyl (C=O) groups excluding carboxylic acids is 1. The number of nitrogens with two attached hydrogens (primary N) is 1. The molecule has 0 bridgehead atoms. The molecule has 10 nitrogen and oxygen atoms in total. The number of aromatic nitrogens is 4. The molecule has 5 rings (SSSR count). The molecule has 4 N–H and O–H groups in total. The summed E-state index contributed by atoms with van der Waals surface area (Å²) in [5, 5.41) is 11.9. The largest absolute Gasteiger partial charge is 0.497 e. The Kier molecular flexibility index (Phi) is 6.89. The minimum absolute atomic E-state index is 0.309. The average Bonchev–Trinajstić information content (AvgIpc) is 3.35. The molecule has 11 heteroatoms. The maximum absolute atomic E-state index is 13.3. The first-order chi connectivity index (χ1) is 17.4. The van der Waals surface area contributed by atoms with Crippen molar-refractivity contribution >= 4 is 38.4 Å². The van der Waals surface area contributed by atoms with E-state index in [1.807, 2.05) is 42.5 Å². The van der Waals surface area contributed by atoms with Crippen LogP contribution in [0.2, 0.25) is 0 Å². The summed E-state index contributed by atoms with van der Waals surface area (Å²) in [6.45, 7) is 6.76. The molecule has 4 aromatic rings. The van der Waals surface area contributed by atoms with Gasteiger partial charge in [0, 0.05) is 54.7 Å². The molecule has 1 aliphatic rings. The van der Waals surface area contributed by atoms with Crippen molar-refractivity contribution in [1.29, 1.82) is 0 Å². The number of nitrogens with one attached hydrogen (secondary N) is 2. The van der Waals surface area contributed by atoms with E-state index in [0.717, 1.165) is 53.9 Å². The van der Waals surface area contributed by atoms with Gasteiger partial charge in [-0.2, -0.15) is 4.52 Å². The maximum atomic E-state index is 13.3. The van der Waals surface area contributed by atoms with Gasteiger partial charge in [0.1, 0.15) is 5.75 Å². The fraction of sp³-hybridized carbons (Fsp3) is 0.360. The van der Waals surface area contributed by atoms with Gasteiger partial charge in [-0.15, -0.1) is 5.10 Å². The second kappa shape index (κ2) is 10.1. The molecule has 1 amide bonds. The predicted octanol–water partition coefficient (Wildman–Crippen LogP) is 1.91. The van der Waals surface area contributed by atoms with Gasteiger partial charge in [-0.3, -0.25) is 9.69 Å². The van der Waals surface area contributed by atoms with Gasteiger partial charge in [0.15, 0.2) is 22.8 Å². The first-order valence-electron chi connectivity index (χ1n) is 11.9. The van der Waals surface area contributed by atoms with Crippen molar-refractivity contribution in [2.75, 3.05) is 46.4 Å². The van der Waals surface area contributed by atoms with Crippen LogP contribution in [0, 0.1) is 0 Å². The molecule has 2 aromatic heterocycles. The molecule has 0 spiro atoms. The number of halogens is 1. The van der Waals surface area contributed by atoms with Crippen molar-refractivity contribution in [2.24, 2.45) is 5.73 Å². The fourth-order valence-corrected chi connectivity index (χ4v) is 4.80. The number of ether oxygens (including phenoxy) is 1. The number of methoxy groups -OCH3 is 1. The molecule has 188 valence electrons. The standard InChI is InChI=1S/C25H29BrN8O2/c1-25(27,24(35)29-12-15-33-13-10-28-11-14-33)23-30-20-18(4-3-5-19(20)26)22-31-21(32-34(22)23)16-6-8-17(36-2)9-7-16/h3-9,28H,10-15,27H2,1-2H3,(H,29,35)/t25-/m0/s1. The molecule has 1 atom stereocenters. The summed E-state index contributed by atoms with van der Waals surface area (Å²) in [6.07, 6.45) is 0. The molecule has 0 saturated carbocycles. The van der Waals surface area contributed by atoms with Crippen molar-refractivity contribution in [3.8, 4) is 17.1 Å². The van der Waals surface area contributed by atoms with E-state index < -0.39 is 5.54 Å². The molecule has 0 aliphatic carbocycles. The zero-order valence-electron chi connectivity index (χ0n) is 20.3. The van der Waals surface area contributed by atoms with Crippen LogP contribution in [0.15, 0.2) is 46.9 Å². The second-order valence-electron chi connectivity index (χ2n) is 9.02. The zero-order valence-corrected chi connectivity index (χ0v) is 21.9. The van der Waals surface area contributed by atoms with Crippen LogP contribution in [-0.2, 0) is 10.3 Å². The van der Waals surface area contributed by atoms with E-state index in [1.54, 1.807) is 18.5 Å². The van der Waals surface area contributed by atoms with Crippen LogP contribution in [0.5, 0.6) is 5.75 Å². The van der Waals surface area contributed by atoms with Gasteiger partial charge in [-0.1, -0.05) is 6.07 Å². The number of benzene rings is 2. The number of fused-ring (bicyclic) bond motifs is 3. The van der Waals surface area contributed by atoms with Crippen LogP contribution in [0.25, 0.3) is 27.9 Å². The monoisotopic (exact) mass is 552 g/mol. The van der Waals surface area contributed by atoms with Gasteiger partial charge >= 0.3 is 0 Å². The molecule has 0 unspecified atom stereocenters. The van der Waals surface area contributed by atoms with Crippen LogP contribution >= 0.6 is 15.9 Å². The number of carbonyl (C=O) groups is 1. The number of rotatable bonds is 7. The van der Waals surface area contributed by atoms with E-state index in [9.17, 15) is 4.79 Å². The Balaban J connectivity index is 1.53. The van der Waals surface area contributed by atoms with E-state index in [0.29, 0.717) is 29.4 Å². The Bertz CT molecular complexity index is 1400.